The molecule has 3 rings (SSSR count). The molecule has 2 unspecified atom stereocenters. The molecule has 0 aromatic heterocycles. The lowest BCUT2D eigenvalue weighted by atomic mass is 9.98. The first-order valence-electron chi connectivity index (χ1n) is 8.99. The van der Waals surface area contributed by atoms with Crippen LogP contribution in [0, 0.1) is 18.8 Å². The molecule has 1 saturated carbocycles. The van der Waals surface area contributed by atoms with Gasteiger partial charge in [0.15, 0.2) is 0 Å². The first-order chi connectivity index (χ1) is 11.9. The lowest BCUT2D eigenvalue weighted by Gasteiger charge is -2.32. The summed E-state index contributed by atoms with van der Waals surface area (Å²) < 4.78 is 27.1. The average Bonchev–Trinajstić information content (AvgIpc) is 3.45. The molecule has 1 amide bonds. The van der Waals surface area contributed by atoms with Gasteiger partial charge in [-0.1, -0.05) is 17.7 Å². The van der Waals surface area contributed by atoms with Gasteiger partial charge in [-0.3, -0.25) is 4.79 Å². The lowest BCUT2D eigenvalue weighted by Crippen LogP contribution is -2.49. The van der Waals surface area contributed by atoms with Crippen LogP contribution in [0.2, 0.25) is 0 Å². The maximum Gasteiger partial charge on any atom is 0.243 e. The van der Waals surface area contributed by atoms with Gasteiger partial charge in [-0.25, -0.2) is 8.42 Å². The van der Waals surface area contributed by atoms with Crippen LogP contribution in [0.25, 0.3) is 0 Å². The summed E-state index contributed by atoms with van der Waals surface area (Å²) in [6, 6.07) is 6.87. The molecule has 1 heterocycles. The monoisotopic (exact) mass is 401 g/mol. The van der Waals surface area contributed by atoms with Crippen LogP contribution in [0.15, 0.2) is 29.2 Å². The van der Waals surface area contributed by atoms with Crippen LogP contribution in [0.4, 0.5) is 0 Å². The van der Waals surface area contributed by atoms with Crippen LogP contribution < -0.4 is 11.1 Å². The molecule has 1 saturated heterocycles. The summed E-state index contributed by atoms with van der Waals surface area (Å²) in [4.78, 5) is 12.9. The molecule has 2 atom stereocenters. The van der Waals surface area contributed by atoms with E-state index >= 15 is 0 Å². The van der Waals surface area contributed by atoms with Gasteiger partial charge in [0.05, 0.1) is 10.8 Å². The minimum absolute atomic E-state index is 0. The van der Waals surface area contributed by atoms with Crippen molar-refractivity contribution in [3.05, 3.63) is 29.8 Å². The Morgan fingerprint density at radius 2 is 1.92 bits per heavy atom. The number of carbonyl (C=O) groups is 1. The first kappa shape index (κ1) is 21.2. The number of nitrogens with zero attached hydrogens (tertiary/aromatic N) is 1. The van der Waals surface area contributed by atoms with E-state index in [1.54, 1.807) is 24.3 Å². The zero-order chi connectivity index (χ0) is 18.0. The molecule has 0 spiro atoms. The Hall–Kier alpha value is -1.15. The molecule has 146 valence electrons. The van der Waals surface area contributed by atoms with E-state index in [4.69, 9.17) is 5.73 Å². The van der Waals surface area contributed by atoms with E-state index in [0.29, 0.717) is 31.8 Å². The van der Waals surface area contributed by atoms with E-state index in [1.165, 1.54) is 4.31 Å². The number of piperidine rings is 1. The first-order valence-corrected chi connectivity index (χ1v) is 10.4. The van der Waals surface area contributed by atoms with Crippen molar-refractivity contribution in [3.8, 4) is 0 Å². The van der Waals surface area contributed by atoms with Crippen LogP contribution in [0.3, 0.4) is 0 Å². The number of halogens is 1. The zero-order valence-corrected chi connectivity index (χ0v) is 16.7. The summed E-state index contributed by atoms with van der Waals surface area (Å²) in [5.41, 5.74) is 6.77. The SMILES string of the molecule is Cc1ccc(S(=O)(=O)N2CCCC(C(=O)NC(CN)C3CC3)C2)cc1.Cl. The number of hydrogen-bond acceptors (Lipinski definition) is 4. The zero-order valence-electron chi connectivity index (χ0n) is 15.1. The van der Waals surface area contributed by atoms with E-state index < -0.39 is 10.0 Å². The number of amides is 1. The van der Waals surface area contributed by atoms with Crippen LogP contribution in [-0.4, -0.2) is 44.3 Å². The molecule has 0 radical (unpaired) electrons. The average molecular weight is 402 g/mol. The third-order valence-corrected chi connectivity index (χ3v) is 7.07. The molecule has 26 heavy (non-hydrogen) atoms. The quantitative estimate of drug-likeness (QED) is 0.758. The molecule has 1 aliphatic heterocycles. The number of nitrogens with two attached hydrogens (primary N) is 1. The Bertz CT molecular complexity index is 720. The molecule has 1 aromatic rings. The Balaban J connectivity index is 0.00000243. The molecule has 8 heteroatoms. The summed E-state index contributed by atoms with van der Waals surface area (Å²) in [5, 5.41) is 3.03. The molecule has 2 fully saturated rings. The number of hydrogen-bond donors (Lipinski definition) is 2. The molecule has 1 aromatic carbocycles. The molecular formula is C18H28ClN3O3S. The number of aryl methyl sites for hydroxylation is 1. The lowest BCUT2D eigenvalue weighted by molar-refractivity contribution is -0.126. The fourth-order valence-corrected chi connectivity index (χ4v) is 4.93. The van der Waals surface area contributed by atoms with Gasteiger partial charge in [0.2, 0.25) is 15.9 Å². The van der Waals surface area contributed by atoms with Crippen molar-refractivity contribution in [1.82, 2.24) is 9.62 Å². The van der Waals surface area contributed by atoms with E-state index in [0.717, 1.165) is 18.4 Å². The van der Waals surface area contributed by atoms with Crippen LogP contribution in [0.1, 0.15) is 31.2 Å². The minimum Gasteiger partial charge on any atom is -0.352 e. The fraction of sp³-hybridized carbons (Fsp3) is 0.611. The van der Waals surface area contributed by atoms with Gasteiger partial charge < -0.3 is 11.1 Å². The third-order valence-electron chi connectivity index (χ3n) is 5.19. The van der Waals surface area contributed by atoms with Crippen molar-refractivity contribution < 1.29 is 13.2 Å². The van der Waals surface area contributed by atoms with Crippen molar-refractivity contribution in [1.29, 1.82) is 0 Å². The van der Waals surface area contributed by atoms with Crippen molar-refractivity contribution in [2.75, 3.05) is 19.6 Å². The maximum absolute atomic E-state index is 12.8. The molecule has 0 bridgehead atoms. The van der Waals surface area contributed by atoms with Crippen LogP contribution >= 0.6 is 12.4 Å². The molecule has 3 N–H and O–H groups in total. The van der Waals surface area contributed by atoms with Gasteiger partial charge in [0.1, 0.15) is 0 Å². The van der Waals surface area contributed by atoms with Gasteiger partial charge in [-0.05, 0) is 50.7 Å². The molecule has 1 aliphatic carbocycles. The number of benzene rings is 1. The fourth-order valence-electron chi connectivity index (χ4n) is 3.40. The van der Waals surface area contributed by atoms with E-state index in [-0.39, 0.29) is 41.7 Å². The Labute approximate surface area is 162 Å². The minimum atomic E-state index is -3.55. The Morgan fingerprint density at radius 1 is 1.27 bits per heavy atom. The van der Waals surface area contributed by atoms with Crippen molar-refractivity contribution in [2.24, 2.45) is 17.6 Å². The van der Waals surface area contributed by atoms with Crippen molar-refractivity contribution >= 4 is 28.3 Å². The standard InChI is InChI=1S/C18H27N3O3S.ClH/c1-13-4-8-16(9-5-13)25(23,24)21-10-2-3-15(12-21)18(22)20-17(11-19)14-6-7-14;/h4-5,8-9,14-15,17H,2-3,6-7,10-12,19H2,1H3,(H,20,22);1H. The predicted octanol–water partition coefficient (Wildman–Crippen LogP) is 1.67. The maximum atomic E-state index is 12.8. The summed E-state index contributed by atoms with van der Waals surface area (Å²) in [7, 11) is -3.55. The van der Waals surface area contributed by atoms with Crippen molar-refractivity contribution in [2.45, 2.75) is 43.5 Å². The number of carbonyl (C=O) groups excluding carboxylic acids is 1. The summed E-state index contributed by atoms with van der Waals surface area (Å²) in [6.07, 6.45) is 3.63. The summed E-state index contributed by atoms with van der Waals surface area (Å²) in [5.74, 6) is 0.123. The van der Waals surface area contributed by atoms with Gasteiger partial charge in [0, 0.05) is 25.7 Å². The highest BCUT2D eigenvalue weighted by molar-refractivity contribution is 7.89. The predicted molar refractivity (Wildman–Crippen MR) is 104 cm³/mol. The van der Waals surface area contributed by atoms with Gasteiger partial charge in [-0.2, -0.15) is 4.31 Å². The third kappa shape index (κ3) is 4.76. The Kier molecular flexibility index (Phi) is 7.07. The molecule has 2 aliphatic rings. The summed E-state index contributed by atoms with van der Waals surface area (Å²) in [6.45, 7) is 3.06. The largest absolute Gasteiger partial charge is 0.352 e. The van der Waals surface area contributed by atoms with Crippen molar-refractivity contribution in [3.63, 3.8) is 0 Å². The smallest absolute Gasteiger partial charge is 0.243 e. The number of nitrogens with one attached hydrogen (secondary N) is 1. The normalized spacial score (nSPS) is 22.3. The van der Waals surface area contributed by atoms with E-state index in [9.17, 15) is 13.2 Å². The van der Waals surface area contributed by atoms with Gasteiger partial charge in [-0.15, -0.1) is 12.4 Å². The van der Waals surface area contributed by atoms with E-state index in [2.05, 4.69) is 5.32 Å². The summed E-state index contributed by atoms with van der Waals surface area (Å²) >= 11 is 0. The number of rotatable bonds is 6. The highest BCUT2D eigenvalue weighted by Crippen LogP contribution is 2.32. The molecular weight excluding hydrogens is 374 g/mol. The highest BCUT2D eigenvalue weighted by atomic mass is 35.5. The van der Waals surface area contributed by atoms with Gasteiger partial charge in [0.25, 0.3) is 0 Å². The highest BCUT2D eigenvalue weighted by Gasteiger charge is 2.36. The number of sulfonamides is 1. The topological polar surface area (TPSA) is 92.5 Å². The molecule has 6 nitrogen and oxygen atoms in total. The van der Waals surface area contributed by atoms with Crippen LogP contribution in [0.5, 0.6) is 0 Å². The Morgan fingerprint density at radius 3 is 2.50 bits per heavy atom. The van der Waals surface area contributed by atoms with E-state index in [1.807, 2.05) is 6.92 Å². The second-order valence-corrected chi connectivity index (χ2v) is 9.14. The second kappa shape index (κ2) is 8.69. The van der Waals surface area contributed by atoms with Gasteiger partial charge >= 0.3 is 0 Å². The van der Waals surface area contributed by atoms with Crippen LogP contribution in [-0.2, 0) is 14.8 Å². The second-order valence-electron chi connectivity index (χ2n) is 7.20.